The number of rotatable bonds is 4. The molecule has 88 valence electrons. The highest BCUT2D eigenvalue weighted by atomic mass is 127. The Morgan fingerprint density at radius 2 is 2.19 bits per heavy atom. The number of aliphatic carboxylic acids is 1. The first-order valence-corrected chi connectivity index (χ1v) is 6.21. The van der Waals surface area contributed by atoms with Gasteiger partial charge in [-0.1, -0.05) is 11.6 Å². The van der Waals surface area contributed by atoms with E-state index < -0.39 is 11.4 Å². The third kappa shape index (κ3) is 3.52. The second-order valence-corrected chi connectivity index (χ2v) is 5.77. The van der Waals surface area contributed by atoms with Crippen LogP contribution < -0.4 is 5.32 Å². The third-order valence-electron chi connectivity index (χ3n) is 2.23. The zero-order valence-corrected chi connectivity index (χ0v) is 12.0. The topological polar surface area (TPSA) is 49.3 Å². The maximum atomic E-state index is 10.9. The lowest BCUT2D eigenvalue weighted by atomic mass is 9.94. The van der Waals surface area contributed by atoms with Crippen LogP contribution in [0.2, 0.25) is 5.02 Å². The number of carboxylic acids is 1. The van der Waals surface area contributed by atoms with Crippen LogP contribution in [0, 0.1) is 8.99 Å². The second kappa shape index (κ2) is 5.23. The van der Waals surface area contributed by atoms with E-state index in [1.807, 2.05) is 12.1 Å². The Labute approximate surface area is 113 Å². The van der Waals surface area contributed by atoms with Crippen LogP contribution in [-0.2, 0) is 4.79 Å². The van der Waals surface area contributed by atoms with Crippen LogP contribution in [0.4, 0.5) is 5.69 Å². The van der Waals surface area contributed by atoms with E-state index in [-0.39, 0.29) is 0 Å². The highest BCUT2D eigenvalue weighted by Gasteiger charge is 2.26. The van der Waals surface area contributed by atoms with Crippen molar-refractivity contribution >= 4 is 45.8 Å². The molecule has 0 radical (unpaired) electrons. The van der Waals surface area contributed by atoms with Gasteiger partial charge in [-0.3, -0.25) is 4.79 Å². The van der Waals surface area contributed by atoms with Gasteiger partial charge in [0.2, 0.25) is 0 Å². The van der Waals surface area contributed by atoms with Crippen molar-refractivity contribution in [2.75, 3.05) is 11.9 Å². The first kappa shape index (κ1) is 13.6. The molecular weight excluding hydrogens is 340 g/mol. The van der Waals surface area contributed by atoms with E-state index in [1.165, 1.54) is 0 Å². The number of anilines is 1. The van der Waals surface area contributed by atoms with Crippen molar-refractivity contribution in [1.29, 1.82) is 0 Å². The summed E-state index contributed by atoms with van der Waals surface area (Å²) >= 11 is 7.99. The standard InChI is InChI=1S/C11H13ClINO2/c1-11(2,10(15)16)6-14-9-4-3-7(12)5-8(9)13/h3-5,14H,6H2,1-2H3,(H,15,16). The monoisotopic (exact) mass is 353 g/mol. The molecule has 0 aliphatic rings. The Morgan fingerprint density at radius 3 is 2.69 bits per heavy atom. The summed E-state index contributed by atoms with van der Waals surface area (Å²) in [7, 11) is 0. The van der Waals surface area contributed by atoms with Gasteiger partial charge in [0, 0.05) is 20.8 Å². The SMILES string of the molecule is CC(C)(CNc1ccc(Cl)cc1I)C(=O)O. The summed E-state index contributed by atoms with van der Waals surface area (Å²) in [5.74, 6) is -0.816. The molecule has 0 aliphatic carbocycles. The van der Waals surface area contributed by atoms with Crippen molar-refractivity contribution in [2.24, 2.45) is 5.41 Å². The van der Waals surface area contributed by atoms with Gasteiger partial charge >= 0.3 is 5.97 Å². The van der Waals surface area contributed by atoms with Gasteiger partial charge in [0.1, 0.15) is 0 Å². The van der Waals surface area contributed by atoms with Crippen molar-refractivity contribution in [3.05, 3.63) is 26.8 Å². The summed E-state index contributed by atoms with van der Waals surface area (Å²) in [6.07, 6.45) is 0. The summed E-state index contributed by atoms with van der Waals surface area (Å²) in [6, 6.07) is 5.46. The van der Waals surface area contributed by atoms with Crippen molar-refractivity contribution in [1.82, 2.24) is 0 Å². The average Bonchev–Trinajstić information content (AvgIpc) is 2.16. The van der Waals surface area contributed by atoms with E-state index in [4.69, 9.17) is 16.7 Å². The number of nitrogens with one attached hydrogen (secondary N) is 1. The second-order valence-electron chi connectivity index (χ2n) is 4.17. The zero-order chi connectivity index (χ0) is 12.3. The molecular formula is C11H13ClINO2. The molecule has 0 amide bonds. The number of halogens is 2. The van der Waals surface area contributed by atoms with E-state index in [0.717, 1.165) is 9.26 Å². The van der Waals surface area contributed by atoms with Crippen molar-refractivity contribution < 1.29 is 9.90 Å². The molecule has 2 N–H and O–H groups in total. The molecule has 0 heterocycles. The van der Waals surface area contributed by atoms with Crippen LogP contribution >= 0.6 is 34.2 Å². The molecule has 0 saturated heterocycles. The van der Waals surface area contributed by atoms with Gasteiger partial charge in [0.25, 0.3) is 0 Å². The quantitative estimate of drug-likeness (QED) is 0.815. The van der Waals surface area contributed by atoms with Gasteiger partial charge in [-0.25, -0.2) is 0 Å². The summed E-state index contributed by atoms with van der Waals surface area (Å²) in [5.41, 5.74) is 0.113. The Hall–Kier alpha value is -0.490. The predicted molar refractivity (Wildman–Crippen MR) is 74.1 cm³/mol. The minimum absolute atomic E-state index is 0.375. The zero-order valence-electron chi connectivity index (χ0n) is 9.05. The molecule has 0 aliphatic heterocycles. The van der Waals surface area contributed by atoms with Crippen LogP contribution in [0.15, 0.2) is 18.2 Å². The van der Waals surface area contributed by atoms with Crippen molar-refractivity contribution in [2.45, 2.75) is 13.8 Å². The van der Waals surface area contributed by atoms with Gasteiger partial charge in [0.05, 0.1) is 5.41 Å². The number of carbonyl (C=O) groups is 1. The van der Waals surface area contributed by atoms with Crippen LogP contribution in [0.3, 0.4) is 0 Å². The predicted octanol–water partition coefficient (Wildman–Crippen LogP) is 3.47. The molecule has 0 spiro atoms. The van der Waals surface area contributed by atoms with Crippen LogP contribution in [-0.4, -0.2) is 17.6 Å². The molecule has 1 aromatic rings. The minimum atomic E-state index is -0.816. The smallest absolute Gasteiger partial charge is 0.310 e. The van der Waals surface area contributed by atoms with E-state index >= 15 is 0 Å². The summed E-state index contributed by atoms with van der Waals surface area (Å²) in [5, 5.41) is 12.8. The number of carboxylic acid groups (broad SMARTS) is 1. The molecule has 3 nitrogen and oxygen atoms in total. The lowest BCUT2D eigenvalue weighted by molar-refractivity contribution is -0.146. The summed E-state index contributed by atoms with van der Waals surface area (Å²) in [6.45, 7) is 3.75. The molecule has 0 aromatic heterocycles. The summed E-state index contributed by atoms with van der Waals surface area (Å²) in [4.78, 5) is 10.9. The van der Waals surface area contributed by atoms with Gasteiger partial charge in [-0.05, 0) is 54.6 Å². The van der Waals surface area contributed by atoms with E-state index in [1.54, 1.807) is 19.9 Å². The van der Waals surface area contributed by atoms with Crippen LogP contribution in [0.1, 0.15) is 13.8 Å². The highest BCUT2D eigenvalue weighted by Crippen LogP contribution is 2.24. The third-order valence-corrected chi connectivity index (χ3v) is 3.36. The first-order chi connectivity index (χ1) is 7.33. The first-order valence-electron chi connectivity index (χ1n) is 4.75. The van der Waals surface area contributed by atoms with Crippen LogP contribution in [0.25, 0.3) is 0 Å². The Morgan fingerprint density at radius 1 is 1.56 bits per heavy atom. The van der Waals surface area contributed by atoms with Gasteiger partial charge < -0.3 is 10.4 Å². The van der Waals surface area contributed by atoms with E-state index in [2.05, 4.69) is 27.9 Å². The number of hydrogen-bond donors (Lipinski definition) is 2. The number of hydrogen-bond acceptors (Lipinski definition) is 2. The minimum Gasteiger partial charge on any atom is -0.481 e. The number of benzene rings is 1. The fourth-order valence-corrected chi connectivity index (χ4v) is 2.09. The molecule has 0 atom stereocenters. The Balaban J connectivity index is 2.72. The van der Waals surface area contributed by atoms with Gasteiger partial charge in [-0.2, -0.15) is 0 Å². The maximum absolute atomic E-state index is 10.9. The van der Waals surface area contributed by atoms with E-state index in [0.29, 0.717) is 11.6 Å². The Kier molecular flexibility index (Phi) is 4.43. The van der Waals surface area contributed by atoms with Crippen molar-refractivity contribution in [3.63, 3.8) is 0 Å². The fraction of sp³-hybridized carbons (Fsp3) is 0.364. The molecule has 5 heteroatoms. The molecule has 0 fully saturated rings. The molecule has 0 saturated carbocycles. The molecule has 0 unspecified atom stereocenters. The molecule has 1 aromatic carbocycles. The van der Waals surface area contributed by atoms with Crippen molar-refractivity contribution in [3.8, 4) is 0 Å². The maximum Gasteiger partial charge on any atom is 0.310 e. The lowest BCUT2D eigenvalue weighted by Gasteiger charge is -2.20. The lowest BCUT2D eigenvalue weighted by Crippen LogP contribution is -2.31. The molecule has 16 heavy (non-hydrogen) atoms. The van der Waals surface area contributed by atoms with E-state index in [9.17, 15) is 4.79 Å². The van der Waals surface area contributed by atoms with Gasteiger partial charge in [-0.15, -0.1) is 0 Å². The fourth-order valence-electron chi connectivity index (χ4n) is 1.02. The van der Waals surface area contributed by atoms with Gasteiger partial charge in [0.15, 0.2) is 0 Å². The van der Waals surface area contributed by atoms with Crippen LogP contribution in [0.5, 0.6) is 0 Å². The summed E-state index contributed by atoms with van der Waals surface area (Å²) < 4.78 is 0.978. The largest absolute Gasteiger partial charge is 0.481 e. The molecule has 1 rings (SSSR count). The normalized spacial score (nSPS) is 11.2. The highest BCUT2D eigenvalue weighted by molar-refractivity contribution is 14.1. The Bertz CT molecular complexity index is 407. The average molecular weight is 354 g/mol. The molecule has 0 bridgehead atoms.